The van der Waals surface area contributed by atoms with Crippen LogP contribution >= 0.6 is 0 Å². The highest BCUT2D eigenvalue weighted by molar-refractivity contribution is 5.83. The molecule has 2 N–H and O–H groups in total. The van der Waals surface area contributed by atoms with E-state index in [1.807, 2.05) is 0 Å². The summed E-state index contributed by atoms with van der Waals surface area (Å²) in [5, 5.41) is 2.50. The molecule has 0 aliphatic heterocycles. The zero-order valence-corrected chi connectivity index (χ0v) is 14.2. The van der Waals surface area contributed by atoms with Crippen molar-refractivity contribution in [2.45, 2.75) is 57.2 Å². The second-order valence-corrected chi connectivity index (χ2v) is 7.49. The molecule has 0 aromatic heterocycles. The average molecular weight is 322 g/mol. The van der Waals surface area contributed by atoms with Gasteiger partial charge in [0, 0.05) is 25.0 Å². The van der Waals surface area contributed by atoms with Gasteiger partial charge in [0.25, 0.3) is 0 Å². The molecule has 2 aliphatic carbocycles. The number of fused-ring (bicyclic) bond motifs is 1. The van der Waals surface area contributed by atoms with Crippen molar-refractivity contribution in [3.05, 3.63) is 48.0 Å². The van der Waals surface area contributed by atoms with E-state index in [4.69, 9.17) is 5.73 Å². The van der Waals surface area contributed by atoms with Gasteiger partial charge < -0.3 is 10.6 Å². The molecule has 2 saturated carbocycles. The Labute approximate surface area is 143 Å². The minimum absolute atomic E-state index is 0.218. The highest BCUT2D eigenvalue weighted by atomic mass is 16.2. The Bertz CT molecular complexity index is 737. The number of rotatable bonds is 5. The summed E-state index contributed by atoms with van der Waals surface area (Å²) in [6.45, 7) is 0.732. The van der Waals surface area contributed by atoms with E-state index in [-0.39, 0.29) is 6.04 Å². The highest BCUT2D eigenvalue weighted by Crippen LogP contribution is 2.33. The molecular formula is C21H26N2O. The van der Waals surface area contributed by atoms with Gasteiger partial charge in [-0.25, -0.2) is 0 Å². The number of nitrogens with two attached hydrogens (primary N) is 1. The van der Waals surface area contributed by atoms with Crippen molar-refractivity contribution in [2.24, 2.45) is 11.7 Å². The lowest BCUT2D eigenvalue weighted by Crippen LogP contribution is -2.36. The molecule has 4 rings (SSSR count). The Hall–Kier alpha value is -1.87. The fourth-order valence-electron chi connectivity index (χ4n) is 4.00. The van der Waals surface area contributed by atoms with E-state index in [0.717, 1.165) is 32.2 Å². The van der Waals surface area contributed by atoms with Crippen molar-refractivity contribution in [1.29, 1.82) is 0 Å². The lowest BCUT2D eigenvalue weighted by molar-refractivity contribution is -0.133. The summed E-state index contributed by atoms with van der Waals surface area (Å²) in [5.74, 6) is 0.684. The molecule has 2 aromatic rings. The monoisotopic (exact) mass is 322 g/mol. The smallest absolute Gasteiger partial charge is 0.223 e. The third kappa shape index (κ3) is 3.32. The highest BCUT2D eigenvalue weighted by Gasteiger charge is 2.35. The normalized spacial score (nSPS) is 23.5. The third-order valence-electron chi connectivity index (χ3n) is 5.63. The summed E-state index contributed by atoms with van der Waals surface area (Å²) in [6, 6.07) is 15.6. The molecule has 3 nitrogen and oxygen atoms in total. The third-order valence-corrected chi connectivity index (χ3v) is 5.63. The standard InChI is InChI=1S/C21H26N2O/c22-20-7-3-6-18(20)13-21(24)23(19-10-11-19)14-15-8-9-16-4-1-2-5-17(16)12-15/h1-2,4-5,8-9,12,18-20H,3,6-7,10-11,13-14,22H2/t18-,20+/m0/s1. The van der Waals surface area contributed by atoms with Gasteiger partial charge in [0.2, 0.25) is 5.91 Å². The molecule has 2 aliphatic rings. The molecule has 0 saturated heterocycles. The minimum Gasteiger partial charge on any atom is -0.335 e. The summed E-state index contributed by atoms with van der Waals surface area (Å²) in [6.07, 6.45) is 6.29. The molecule has 3 heteroatoms. The molecule has 2 atom stereocenters. The van der Waals surface area contributed by atoms with Crippen molar-refractivity contribution in [3.63, 3.8) is 0 Å². The van der Waals surface area contributed by atoms with Gasteiger partial charge in [-0.3, -0.25) is 4.79 Å². The van der Waals surface area contributed by atoms with Gasteiger partial charge in [-0.1, -0.05) is 42.8 Å². The van der Waals surface area contributed by atoms with Crippen molar-refractivity contribution in [3.8, 4) is 0 Å². The first kappa shape index (κ1) is 15.6. The fourth-order valence-corrected chi connectivity index (χ4v) is 4.00. The van der Waals surface area contributed by atoms with Gasteiger partial charge >= 0.3 is 0 Å². The number of nitrogens with zero attached hydrogens (tertiary/aromatic N) is 1. The van der Waals surface area contributed by atoms with E-state index in [2.05, 4.69) is 47.4 Å². The maximum Gasteiger partial charge on any atom is 0.223 e. The summed E-state index contributed by atoms with van der Waals surface area (Å²) in [4.78, 5) is 15.0. The number of hydrogen-bond acceptors (Lipinski definition) is 2. The molecule has 0 heterocycles. The average Bonchev–Trinajstić information content (AvgIpc) is 3.36. The minimum atomic E-state index is 0.218. The van der Waals surface area contributed by atoms with Gasteiger partial charge in [-0.15, -0.1) is 0 Å². The number of carbonyl (C=O) groups is 1. The first-order valence-corrected chi connectivity index (χ1v) is 9.23. The van der Waals surface area contributed by atoms with Crippen molar-refractivity contribution >= 4 is 16.7 Å². The Kier molecular flexibility index (Phi) is 4.28. The van der Waals surface area contributed by atoms with Gasteiger partial charge in [0.1, 0.15) is 0 Å². The number of amides is 1. The molecule has 0 radical (unpaired) electrons. The van der Waals surface area contributed by atoms with E-state index < -0.39 is 0 Å². The zero-order valence-electron chi connectivity index (χ0n) is 14.2. The lowest BCUT2D eigenvalue weighted by atomic mass is 9.99. The van der Waals surface area contributed by atoms with Gasteiger partial charge in [-0.05, 0) is 54.0 Å². The zero-order chi connectivity index (χ0) is 16.5. The lowest BCUT2D eigenvalue weighted by Gasteiger charge is -2.25. The van der Waals surface area contributed by atoms with E-state index in [9.17, 15) is 4.79 Å². The molecule has 0 spiro atoms. The number of carbonyl (C=O) groups excluding carboxylic acids is 1. The molecule has 24 heavy (non-hydrogen) atoms. The Morgan fingerprint density at radius 1 is 1.04 bits per heavy atom. The van der Waals surface area contributed by atoms with Crippen LogP contribution in [-0.2, 0) is 11.3 Å². The SMILES string of the molecule is N[C@@H]1CCC[C@H]1CC(=O)N(Cc1ccc2ccccc2c1)C1CC1. The number of benzene rings is 2. The Morgan fingerprint density at radius 2 is 1.83 bits per heavy atom. The van der Waals surface area contributed by atoms with E-state index in [1.165, 1.54) is 22.8 Å². The molecular weight excluding hydrogens is 296 g/mol. The summed E-state index contributed by atoms with van der Waals surface area (Å²) in [5.41, 5.74) is 7.39. The molecule has 2 fully saturated rings. The topological polar surface area (TPSA) is 46.3 Å². The van der Waals surface area contributed by atoms with Crippen LogP contribution in [-0.4, -0.2) is 22.9 Å². The van der Waals surface area contributed by atoms with Crippen LogP contribution in [0.4, 0.5) is 0 Å². The Morgan fingerprint density at radius 3 is 2.54 bits per heavy atom. The summed E-state index contributed by atoms with van der Waals surface area (Å²) in [7, 11) is 0. The second-order valence-electron chi connectivity index (χ2n) is 7.49. The second kappa shape index (κ2) is 6.56. The predicted octanol–water partition coefficient (Wildman–Crippen LogP) is 3.85. The van der Waals surface area contributed by atoms with E-state index in [0.29, 0.717) is 24.3 Å². The van der Waals surface area contributed by atoms with Crippen LogP contribution < -0.4 is 5.73 Å². The largest absolute Gasteiger partial charge is 0.335 e. The molecule has 0 bridgehead atoms. The van der Waals surface area contributed by atoms with Gasteiger partial charge in [-0.2, -0.15) is 0 Å². The van der Waals surface area contributed by atoms with Gasteiger partial charge in [0.15, 0.2) is 0 Å². The number of hydrogen-bond donors (Lipinski definition) is 1. The maximum absolute atomic E-state index is 12.9. The van der Waals surface area contributed by atoms with Crippen molar-refractivity contribution in [1.82, 2.24) is 4.90 Å². The van der Waals surface area contributed by atoms with Crippen LogP contribution in [0.1, 0.15) is 44.1 Å². The van der Waals surface area contributed by atoms with E-state index >= 15 is 0 Å². The summed E-state index contributed by atoms with van der Waals surface area (Å²) >= 11 is 0. The molecule has 1 amide bonds. The first-order chi connectivity index (χ1) is 11.7. The summed E-state index contributed by atoms with van der Waals surface area (Å²) < 4.78 is 0. The van der Waals surface area contributed by atoms with Crippen molar-refractivity contribution < 1.29 is 4.79 Å². The fraction of sp³-hybridized carbons (Fsp3) is 0.476. The van der Waals surface area contributed by atoms with Crippen LogP contribution in [0, 0.1) is 5.92 Å². The first-order valence-electron chi connectivity index (χ1n) is 9.23. The molecule has 2 aromatic carbocycles. The Balaban J connectivity index is 1.49. The van der Waals surface area contributed by atoms with E-state index in [1.54, 1.807) is 0 Å². The van der Waals surface area contributed by atoms with Crippen LogP contribution in [0.3, 0.4) is 0 Å². The van der Waals surface area contributed by atoms with Gasteiger partial charge in [0.05, 0.1) is 0 Å². The predicted molar refractivity (Wildman–Crippen MR) is 97.5 cm³/mol. The maximum atomic E-state index is 12.9. The van der Waals surface area contributed by atoms with Crippen LogP contribution in [0.15, 0.2) is 42.5 Å². The van der Waals surface area contributed by atoms with Crippen LogP contribution in [0.2, 0.25) is 0 Å². The van der Waals surface area contributed by atoms with Crippen LogP contribution in [0.5, 0.6) is 0 Å². The van der Waals surface area contributed by atoms with Crippen LogP contribution in [0.25, 0.3) is 10.8 Å². The molecule has 126 valence electrons. The quantitative estimate of drug-likeness (QED) is 0.909. The molecule has 0 unspecified atom stereocenters. The van der Waals surface area contributed by atoms with Crippen molar-refractivity contribution in [2.75, 3.05) is 0 Å².